The Bertz CT molecular complexity index is 546. The molecule has 1 N–H and O–H groups in total. The lowest BCUT2D eigenvalue weighted by molar-refractivity contribution is 0.0530. The van der Waals surface area contributed by atoms with E-state index in [0.29, 0.717) is 12.0 Å². The number of aromatic nitrogens is 2. The molecule has 112 valence electrons. The van der Waals surface area contributed by atoms with E-state index in [-0.39, 0.29) is 0 Å². The Kier molecular flexibility index (Phi) is 4.68. The predicted molar refractivity (Wildman–Crippen MR) is 83.5 cm³/mol. The van der Waals surface area contributed by atoms with Gasteiger partial charge >= 0.3 is 0 Å². The van der Waals surface area contributed by atoms with Gasteiger partial charge in [0, 0.05) is 19.4 Å². The molecule has 3 rings (SSSR count). The summed E-state index contributed by atoms with van der Waals surface area (Å²) in [6, 6.07) is 12.8. The summed E-state index contributed by atoms with van der Waals surface area (Å²) in [6.07, 6.45) is 4.11. The first-order valence-corrected chi connectivity index (χ1v) is 7.80. The minimum atomic E-state index is 0.335. The van der Waals surface area contributed by atoms with Crippen molar-refractivity contribution in [1.82, 2.24) is 15.1 Å². The highest BCUT2D eigenvalue weighted by Gasteiger charge is 2.27. The Morgan fingerprint density at radius 3 is 2.71 bits per heavy atom. The fourth-order valence-electron chi connectivity index (χ4n) is 3.12. The molecule has 1 aliphatic heterocycles. The van der Waals surface area contributed by atoms with Gasteiger partial charge in [0.25, 0.3) is 0 Å². The van der Waals surface area contributed by atoms with Crippen molar-refractivity contribution in [3.05, 3.63) is 48.3 Å². The molecule has 0 spiro atoms. The average Bonchev–Trinajstić information content (AvgIpc) is 3.03. The Labute approximate surface area is 126 Å². The minimum absolute atomic E-state index is 0.335. The fourth-order valence-corrected chi connectivity index (χ4v) is 3.12. The highest BCUT2D eigenvalue weighted by molar-refractivity contribution is 5.33. The van der Waals surface area contributed by atoms with Crippen LogP contribution < -0.4 is 5.32 Å². The average molecular weight is 285 g/mol. The van der Waals surface area contributed by atoms with Gasteiger partial charge in [-0.2, -0.15) is 5.10 Å². The molecule has 0 bridgehead atoms. The van der Waals surface area contributed by atoms with E-state index >= 15 is 0 Å². The van der Waals surface area contributed by atoms with Gasteiger partial charge in [-0.15, -0.1) is 0 Å². The van der Waals surface area contributed by atoms with E-state index in [4.69, 9.17) is 4.74 Å². The SMILES string of the molecule is CCNC(c1ccnn1-c1ccccc1)C1CCOCC1. The Morgan fingerprint density at radius 1 is 1.24 bits per heavy atom. The molecule has 0 amide bonds. The number of para-hydroxylation sites is 1. The van der Waals surface area contributed by atoms with Crippen LogP contribution in [0.2, 0.25) is 0 Å². The number of hydrogen-bond acceptors (Lipinski definition) is 3. The summed E-state index contributed by atoms with van der Waals surface area (Å²) in [5.74, 6) is 0.609. The normalized spacial score (nSPS) is 17.8. The molecule has 1 aromatic heterocycles. The van der Waals surface area contributed by atoms with E-state index in [0.717, 1.165) is 38.3 Å². The fraction of sp³-hybridized carbons (Fsp3) is 0.471. The molecule has 1 saturated heterocycles. The van der Waals surface area contributed by atoms with Gasteiger partial charge in [-0.3, -0.25) is 0 Å². The molecule has 0 aliphatic carbocycles. The minimum Gasteiger partial charge on any atom is -0.381 e. The number of ether oxygens (including phenoxy) is 1. The predicted octanol–water partition coefficient (Wildman–Crippen LogP) is 2.95. The molecule has 4 heteroatoms. The van der Waals surface area contributed by atoms with E-state index in [1.54, 1.807) is 0 Å². The van der Waals surface area contributed by atoms with Crippen molar-refractivity contribution in [3.63, 3.8) is 0 Å². The second kappa shape index (κ2) is 6.87. The summed E-state index contributed by atoms with van der Waals surface area (Å²) < 4.78 is 7.57. The van der Waals surface area contributed by atoms with Crippen LogP contribution in [0.1, 0.15) is 31.5 Å². The molecule has 0 radical (unpaired) electrons. The van der Waals surface area contributed by atoms with Crippen LogP contribution in [0.5, 0.6) is 0 Å². The lowest BCUT2D eigenvalue weighted by atomic mass is 9.89. The van der Waals surface area contributed by atoms with Gasteiger partial charge in [-0.1, -0.05) is 25.1 Å². The number of nitrogens with zero attached hydrogens (tertiary/aromatic N) is 2. The highest BCUT2D eigenvalue weighted by Crippen LogP contribution is 2.31. The summed E-state index contributed by atoms with van der Waals surface area (Å²) in [4.78, 5) is 0. The van der Waals surface area contributed by atoms with Gasteiger partial charge in [0.15, 0.2) is 0 Å². The summed E-state index contributed by atoms with van der Waals surface area (Å²) in [5.41, 5.74) is 2.36. The number of rotatable bonds is 5. The van der Waals surface area contributed by atoms with Crippen LogP contribution in [-0.4, -0.2) is 29.5 Å². The van der Waals surface area contributed by atoms with Crippen molar-refractivity contribution < 1.29 is 4.74 Å². The molecule has 2 heterocycles. The van der Waals surface area contributed by atoms with Gasteiger partial charge in [-0.05, 0) is 43.5 Å². The second-order valence-corrected chi connectivity index (χ2v) is 5.49. The van der Waals surface area contributed by atoms with E-state index in [1.807, 2.05) is 12.3 Å². The first-order valence-electron chi connectivity index (χ1n) is 7.80. The zero-order chi connectivity index (χ0) is 14.5. The summed E-state index contributed by atoms with van der Waals surface area (Å²) in [6.45, 7) is 4.86. The van der Waals surface area contributed by atoms with Gasteiger partial charge in [-0.25, -0.2) is 4.68 Å². The van der Waals surface area contributed by atoms with E-state index in [2.05, 4.69) is 52.4 Å². The van der Waals surface area contributed by atoms with Crippen molar-refractivity contribution in [2.75, 3.05) is 19.8 Å². The first kappa shape index (κ1) is 14.3. The van der Waals surface area contributed by atoms with Crippen molar-refractivity contribution in [2.24, 2.45) is 5.92 Å². The summed E-state index contributed by atoms with van der Waals surface area (Å²) >= 11 is 0. The molecule has 21 heavy (non-hydrogen) atoms. The Morgan fingerprint density at radius 2 is 2.00 bits per heavy atom. The third-order valence-electron chi connectivity index (χ3n) is 4.15. The van der Waals surface area contributed by atoms with E-state index < -0.39 is 0 Å². The maximum atomic E-state index is 5.51. The van der Waals surface area contributed by atoms with Gasteiger partial charge in [0.2, 0.25) is 0 Å². The number of nitrogens with one attached hydrogen (secondary N) is 1. The monoisotopic (exact) mass is 285 g/mol. The third kappa shape index (κ3) is 3.17. The number of hydrogen-bond donors (Lipinski definition) is 1. The molecule has 2 aromatic rings. The summed E-state index contributed by atoms with van der Waals surface area (Å²) in [5, 5.41) is 8.18. The van der Waals surface area contributed by atoms with Gasteiger partial charge in [0.1, 0.15) is 0 Å². The largest absolute Gasteiger partial charge is 0.381 e. The molecule has 1 unspecified atom stereocenters. The van der Waals surface area contributed by atoms with Crippen LogP contribution in [0.25, 0.3) is 5.69 Å². The van der Waals surface area contributed by atoms with Crippen molar-refractivity contribution >= 4 is 0 Å². The first-order chi connectivity index (χ1) is 10.4. The van der Waals surface area contributed by atoms with E-state index in [9.17, 15) is 0 Å². The van der Waals surface area contributed by atoms with Crippen molar-refractivity contribution in [3.8, 4) is 5.69 Å². The Balaban J connectivity index is 1.91. The maximum absolute atomic E-state index is 5.51. The molecule has 1 fully saturated rings. The van der Waals surface area contributed by atoms with Gasteiger partial charge < -0.3 is 10.1 Å². The maximum Gasteiger partial charge on any atom is 0.0649 e. The molecule has 1 atom stereocenters. The molecule has 1 aromatic carbocycles. The lowest BCUT2D eigenvalue weighted by Crippen LogP contribution is -2.33. The molecule has 1 aliphatic rings. The van der Waals surface area contributed by atoms with Crippen LogP contribution >= 0.6 is 0 Å². The second-order valence-electron chi connectivity index (χ2n) is 5.49. The molecule has 0 saturated carbocycles. The topological polar surface area (TPSA) is 39.1 Å². The smallest absolute Gasteiger partial charge is 0.0649 e. The van der Waals surface area contributed by atoms with Crippen LogP contribution in [0.4, 0.5) is 0 Å². The van der Waals surface area contributed by atoms with Crippen LogP contribution in [0.15, 0.2) is 42.6 Å². The van der Waals surface area contributed by atoms with Crippen LogP contribution in [-0.2, 0) is 4.74 Å². The zero-order valence-electron chi connectivity index (χ0n) is 12.5. The summed E-state index contributed by atoms with van der Waals surface area (Å²) in [7, 11) is 0. The quantitative estimate of drug-likeness (QED) is 0.918. The van der Waals surface area contributed by atoms with E-state index in [1.165, 1.54) is 5.69 Å². The number of benzene rings is 1. The van der Waals surface area contributed by atoms with Crippen molar-refractivity contribution in [2.45, 2.75) is 25.8 Å². The molecular weight excluding hydrogens is 262 g/mol. The van der Waals surface area contributed by atoms with Crippen LogP contribution in [0.3, 0.4) is 0 Å². The molecule has 4 nitrogen and oxygen atoms in total. The lowest BCUT2D eigenvalue weighted by Gasteiger charge is -2.31. The standard InChI is InChI=1S/C17H23N3O/c1-2-18-17(14-9-12-21-13-10-14)16-8-11-19-20(16)15-6-4-3-5-7-15/h3-8,11,14,17-18H,2,9-10,12-13H2,1H3. The van der Waals surface area contributed by atoms with Gasteiger partial charge in [0.05, 0.1) is 17.4 Å². The van der Waals surface area contributed by atoms with Crippen LogP contribution in [0, 0.1) is 5.92 Å². The highest BCUT2D eigenvalue weighted by atomic mass is 16.5. The zero-order valence-corrected chi connectivity index (χ0v) is 12.5. The van der Waals surface area contributed by atoms with Crippen molar-refractivity contribution in [1.29, 1.82) is 0 Å². The molecular formula is C17H23N3O. The Hall–Kier alpha value is -1.65. The third-order valence-corrected chi connectivity index (χ3v) is 4.15.